The molecule has 0 aromatic rings. The third-order valence-corrected chi connectivity index (χ3v) is 1.28. The van der Waals surface area contributed by atoms with E-state index in [9.17, 15) is 0 Å². The van der Waals surface area contributed by atoms with Crippen LogP contribution in [0.25, 0.3) is 0 Å². The van der Waals surface area contributed by atoms with E-state index >= 15 is 0 Å². The molecule has 0 aromatic carbocycles. The van der Waals surface area contributed by atoms with E-state index < -0.39 is 0 Å². The summed E-state index contributed by atoms with van der Waals surface area (Å²) in [7, 11) is 3.88. The summed E-state index contributed by atoms with van der Waals surface area (Å²) in [5.41, 5.74) is 0.0149. The molecule has 0 rings (SSSR count). The van der Waals surface area contributed by atoms with Crippen LogP contribution < -0.4 is 0 Å². The SMILES string of the molecule is CN(C)/C(=N\C=N)C(C)(C)C. The minimum Gasteiger partial charge on any atom is -0.366 e. The van der Waals surface area contributed by atoms with Gasteiger partial charge in [-0.1, -0.05) is 20.8 Å². The summed E-state index contributed by atoms with van der Waals surface area (Å²) in [5, 5.41) is 6.87. The van der Waals surface area contributed by atoms with Crippen LogP contribution in [0.3, 0.4) is 0 Å². The Balaban J connectivity index is 4.62. The highest BCUT2D eigenvalue weighted by atomic mass is 15.1. The van der Waals surface area contributed by atoms with Crippen LogP contribution >= 0.6 is 0 Å². The van der Waals surface area contributed by atoms with Gasteiger partial charge >= 0.3 is 0 Å². The Hall–Kier alpha value is -0.860. The second-order valence-electron chi connectivity index (χ2n) is 3.73. The molecule has 0 bridgehead atoms. The van der Waals surface area contributed by atoms with E-state index in [0.717, 1.165) is 12.2 Å². The minimum atomic E-state index is 0.0149. The molecule has 0 aliphatic rings. The van der Waals surface area contributed by atoms with Crippen LogP contribution in [0.2, 0.25) is 0 Å². The number of nitrogens with one attached hydrogen (secondary N) is 1. The summed E-state index contributed by atoms with van der Waals surface area (Å²) in [4.78, 5) is 5.91. The monoisotopic (exact) mass is 155 g/mol. The van der Waals surface area contributed by atoms with Crippen molar-refractivity contribution in [3.05, 3.63) is 0 Å². The van der Waals surface area contributed by atoms with Gasteiger partial charge in [-0.05, 0) is 0 Å². The van der Waals surface area contributed by atoms with Crippen molar-refractivity contribution in [1.29, 1.82) is 5.41 Å². The molecule has 0 fully saturated rings. The lowest BCUT2D eigenvalue weighted by Gasteiger charge is -2.26. The molecule has 0 heterocycles. The summed E-state index contributed by atoms with van der Waals surface area (Å²) in [6.45, 7) is 6.24. The normalized spacial score (nSPS) is 13.0. The molecule has 0 spiro atoms. The number of aliphatic imine (C=N–C) groups is 1. The minimum absolute atomic E-state index is 0.0149. The average Bonchev–Trinajstić information content (AvgIpc) is 1.79. The van der Waals surface area contributed by atoms with E-state index in [1.54, 1.807) is 0 Å². The highest BCUT2D eigenvalue weighted by Gasteiger charge is 2.19. The number of hydrogen-bond donors (Lipinski definition) is 1. The topological polar surface area (TPSA) is 39.5 Å². The van der Waals surface area contributed by atoms with Crippen molar-refractivity contribution in [2.75, 3.05) is 14.1 Å². The number of rotatable bonds is 1. The molecule has 0 aromatic heterocycles. The van der Waals surface area contributed by atoms with Crippen LogP contribution in [-0.2, 0) is 0 Å². The fourth-order valence-corrected chi connectivity index (χ4v) is 1.04. The van der Waals surface area contributed by atoms with Crippen LogP contribution in [0.4, 0.5) is 0 Å². The van der Waals surface area contributed by atoms with E-state index in [-0.39, 0.29) is 5.41 Å². The van der Waals surface area contributed by atoms with Crippen LogP contribution in [-0.4, -0.2) is 31.2 Å². The zero-order valence-corrected chi connectivity index (χ0v) is 7.97. The fourth-order valence-electron chi connectivity index (χ4n) is 1.04. The summed E-state index contributed by atoms with van der Waals surface area (Å²) in [6, 6.07) is 0. The molecular weight excluding hydrogens is 138 g/mol. The van der Waals surface area contributed by atoms with E-state index in [0.29, 0.717) is 0 Å². The predicted octanol–water partition coefficient (Wildman–Crippen LogP) is 1.60. The first-order valence-electron chi connectivity index (χ1n) is 3.64. The average molecular weight is 155 g/mol. The molecule has 64 valence electrons. The van der Waals surface area contributed by atoms with Crippen LogP contribution in [0.5, 0.6) is 0 Å². The van der Waals surface area contributed by atoms with Gasteiger partial charge in [0.25, 0.3) is 0 Å². The van der Waals surface area contributed by atoms with E-state index in [2.05, 4.69) is 25.8 Å². The molecule has 3 heteroatoms. The maximum Gasteiger partial charge on any atom is 0.111 e. The molecule has 0 aliphatic carbocycles. The lowest BCUT2D eigenvalue weighted by molar-refractivity contribution is 0.482. The van der Waals surface area contributed by atoms with E-state index in [1.807, 2.05) is 19.0 Å². The van der Waals surface area contributed by atoms with Gasteiger partial charge in [0, 0.05) is 19.5 Å². The first-order chi connectivity index (χ1) is 4.89. The van der Waals surface area contributed by atoms with Crippen LogP contribution in [0, 0.1) is 10.8 Å². The molecule has 0 saturated heterocycles. The third kappa shape index (κ3) is 3.16. The third-order valence-electron chi connectivity index (χ3n) is 1.28. The zero-order valence-electron chi connectivity index (χ0n) is 7.97. The van der Waals surface area contributed by atoms with Gasteiger partial charge in [-0.3, -0.25) is 5.41 Å². The van der Waals surface area contributed by atoms with Crippen molar-refractivity contribution in [2.45, 2.75) is 20.8 Å². The maximum absolute atomic E-state index is 6.87. The Labute approximate surface area is 68.6 Å². The van der Waals surface area contributed by atoms with Gasteiger partial charge in [0.15, 0.2) is 0 Å². The summed E-state index contributed by atoms with van der Waals surface area (Å²) >= 11 is 0. The lowest BCUT2D eigenvalue weighted by atomic mass is 9.94. The van der Waals surface area contributed by atoms with Crippen LogP contribution in [0.1, 0.15) is 20.8 Å². The second kappa shape index (κ2) is 3.51. The van der Waals surface area contributed by atoms with Gasteiger partial charge in [-0.15, -0.1) is 0 Å². The highest BCUT2D eigenvalue weighted by molar-refractivity contribution is 5.91. The van der Waals surface area contributed by atoms with Crippen molar-refractivity contribution < 1.29 is 0 Å². The molecule has 0 radical (unpaired) electrons. The summed E-state index contributed by atoms with van der Waals surface area (Å²) in [6.07, 6.45) is 1.08. The predicted molar refractivity (Wildman–Crippen MR) is 49.4 cm³/mol. The summed E-state index contributed by atoms with van der Waals surface area (Å²) < 4.78 is 0. The van der Waals surface area contributed by atoms with Crippen molar-refractivity contribution in [2.24, 2.45) is 10.4 Å². The van der Waals surface area contributed by atoms with Gasteiger partial charge in [0.2, 0.25) is 0 Å². The first-order valence-corrected chi connectivity index (χ1v) is 3.64. The first kappa shape index (κ1) is 10.1. The quantitative estimate of drug-likeness (QED) is 0.453. The van der Waals surface area contributed by atoms with Crippen molar-refractivity contribution in [3.8, 4) is 0 Å². The molecule has 0 atom stereocenters. The van der Waals surface area contributed by atoms with E-state index in [4.69, 9.17) is 5.41 Å². The molecule has 1 N–H and O–H groups in total. The Bertz CT molecular complexity index is 163. The number of hydrogen-bond acceptors (Lipinski definition) is 1. The van der Waals surface area contributed by atoms with Crippen molar-refractivity contribution >= 4 is 12.2 Å². The maximum atomic E-state index is 6.87. The largest absolute Gasteiger partial charge is 0.366 e. The number of amidine groups is 1. The molecule has 0 amide bonds. The van der Waals surface area contributed by atoms with Crippen molar-refractivity contribution in [1.82, 2.24) is 4.90 Å². The Morgan fingerprint density at radius 1 is 1.36 bits per heavy atom. The van der Waals surface area contributed by atoms with Gasteiger partial charge < -0.3 is 4.90 Å². The van der Waals surface area contributed by atoms with E-state index in [1.165, 1.54) is 0 Å². The van der Waals surface area contributed by atoms with Gasteiger partial charge in [0.1, 0.15) is 12.2 Å². The molecular formula is C8H17N3. The molecule has 0 unspecified atom stereocenters. The Kier molecular flexibility index (Phi) is 3.23. The van der Waals surface area contributed by atoms with Gasteiger partial charge in [0.05, 0.1) is 0 Å². The molecule has 0 saturated carbocycles. The van der Waals surface area contributed by atoms with Gasteiger partial charge in [-0.2, -0.15) is 0 Å². The molecule has 11 heavy (non-hydrogen) atoms. The lowest BCUT2D eigenvalue weighted by Crippen LogP contribution is -2.34. The standard InChI is InChI=1S/C8H17N3/c1-8(2,3)7(10-6-9)11(4)5/h6,9H,1-5H3/b9-6?,10-7-. The fraction of sp³-hybridized carbons (Fsp3) is 0.750. The van der Waals surface area contributed by atoms with Crippen molar-refractivity contribution in [3.63, 3.8) is 0 Å². The Morgan fingerprint density at radius 2 is 1.82 bits per heavy atom. The smallest absolute Gasteiger partial charge is 0.111 e. The number of nitrogens with zero attached hydrogens (tertiary/aromatic N) is 2. The van der Waals surface area contributed by atoms with Crippen LogP contribution in [0.15, 0.2) is 4.99 Å². The summed E-state index contributed by atoms with van der Waals surface area (Å²) in [5.74, 6) is 0.924. The molecule has 0 aliphatic heterocycles. The Morgan fingerprint density at radius 3 is 1.91 bits per heavy atom. The highest BCUT2D eigenvalue weighted by Crippen LogP contribution is 2.16. The second-order valence-corrected chi connectivity index (χ2v) is 3.73. The molecule has 3 nitrogen and oxygen atoms in total. The zero-order chi connectivity index (χ0) is 9.07. The van der Waals surface area contributed by atoms with Gasteiger partial charge in [-0.25, -0.2) is 4.99 Å².